The highest BCUT2D eigenvalue weighted by Gasteiger charge is 2.33. The fraction of sp³-hybridized carbons (Fsp3) is 0.389. The molecule has 2 heterocycles. The molecule has 1 saturated heterocycles. The number of carbonyl (C=O) groups excluding carboxylic acids is 1. The number of nitrogens with one attached hydrogen (secondary N) is 1. The molecule has 9 nitrogen and oxygen atoms in total. The molecule has 1 aromatic carbocycles. The quantitative estimate of drug-likeness (QED) is 0.404. The van der Waals surface area contributed by atoms with E-state index in [2.05, 4.69) is 15.3 Å². The van der Waals surface area contributed by atoms with Crippen LogP contribution in [0.5, 0.6) is 0 Å². The Morgan fingerprint density at radius 3 is 2.72 bits per heavy atom. The van der Waals surface area contributed by atoms with Gasteiger partial charge in [0, 0.05) is 28.8 Å². The van der Waals surface area contributed by atoms with E-state index in [1.54, 1.807) is 30.0 Å². The predicted octanol–water partition coefficient (Wildman–Crippen LogP) is 4.21. The second-order valence-electron chi connectivity index (χ2n) is 6.47. The summed E-state index contributed by atoms with van der Waals surface area (Å²) in [5.41, 5.74) is 0.173. The highest BCUT2D eigenvalue weighted by Crippen LogP contribution is 2.36. The monoisotopic (exact) mass is 439 g/mol. The van der Waals surface area contributed by atoms with Crippen LogP contribution in [-0.4, -0.2) is 40.6 Å². The summed E-state index contributed by atoms with van der Waals surface area (Å²) >= 11 is 12.0. The van der Waals surface area contributed by atoms with Crippen molar-refractivity contribution in [3.63, 3.8) is 0 Å². The van der Waals surface area contributed by atoms with Crippen molar-refractivity contribution in [1.82, 2.24) is 9.97 Å². The average Bonchev–Trinajstić information content (AvgIpc) is 2.67. The van der Waals surface area contributed by atoms with Crippen LogP contribution in [-0.2, 0) is 9.53 Å². The third kappa shape index (κ3) is 5.04. The minimum atomic E-state index is -0.544. The van der Waals surface area contributed by atoms with Crippen molar-refractivity contribution < 1.29 is 14.5 Å². The average molecular weight is 440 g/mol. The third-order valence-electron chi connectivity index (χ3n) is 4.45. The van der Waals surface area contributed by atoms with Gasteiger partial charge in [-0.1, -0.05) is 23.2 Å². The van der Waals surface area contributed by atoms with E-state index in [0.29, 0.717) is 48.3 Å². The van der Waals surface area contributed by atoms with Crippen molar-refractivity contribution >= 4 is 52.2 Å². The number of benzene rings is 1. The molecule has 29 heavy (non-hydrogen) atoms. The van der Waals surface area contributed by atoms with Gasteiger partial charge in [-0.05, 0) is 38.0 Å². The number of rotatable bonds is 6. The molecule has 0 radical (unpaired) electrons. The van der Waals surface area contributed by atoms with Crippen molar-refractivity contribution in [1.29, 1.82) is 0 Å². The lowest BCUT2D eigenvalue weighted by Crippen LogP contribution is -2.40. The van der Waals surface area contributed by atoms with Gasteiger partial charge in [0.1, 0.15) is 6.33 Å². The SMILES string of the molecule is CCOC(=O)C1CCCN(c2ncnc(Nc3cc(Cl)cc(Cl)c3)c2[N+](=O)[O-])C1. The number of esters is 1. The molecule has 1 N–H and O–H groups in total. The maximum absolute atomic E-state index is 12.1. The number of hydrogen-bond acceptors (Lipinski definition) is 8. The van der Waals surface area contributed by atoms with Gasteiger partial charge in [0.2, 0.25) is 11.6 Å². The Morgan fingerprint density at radius 2 is 2.07 bits per heavy atom. The normalized spacial score (nSPS) is 16.4. The Bertz CT molecular complexity index is 907. The summed E-state index contributed by atoms with van der Waals surface area (Å²) in [5.74, 6) is -0.506. The molecule has 0 aliphatic carbocycles. The number of aromatic nitrogens is 2. The topological polar surface area (TPSA) is 110 Å². The number of hydrogen-bond donors (Lipinski definition) is 1. The van der Waals surface area contributed by atoms with Gasteiger partial charge in [-0.15, -0.1) is 0 Å². The first-order valence-electron chi connectivity index (χ1n) is 9.03. The van der Waals surface area contributed by atoms with Crippen molar-refractivity contribution in [3.8, 4) is 0 Å². The largest absolute Gasteiger partial charge is 0.466 e. The molecule has 0 amide bonds. The molecule has 2 aromatic rings. The van der Waals surface area contributed by atoms with Crippen LogP contribution >= 0.6 is 23.2 Å². The van der Waals surface area contributed by atoms with Crippen molar-refractivity contribution in [2.75, 3.05) is 29.9 Å². The fourth-order valence-corrected chi connectivity index (χ4v) is 3.77. The first-order chi connectivity index (χ1) is 13.9. The van der Waals surface area contributed by atoms with Gasteiger partial charge in [-0.25, -0.2) is 9.97 Å². The highest BCUT2D eigenvalue weighted by molar-refractivity contribution is 6.35. The molecule has 1 unspecified atom stereocenters. The van der Waals surface area contributed by atoms with Crippen LogP contribution in [0.4, 0.5) is 23.0 Å². The van der Waals surface area contributed by atoms with Crippen LogP contribution in [0.3, 0.4) is 0 Å². The number of carbonyl (C=O) groups is 1. The molecule has 1 aliphatic heterocycles. The van der Waals surface area contributed by atoms with E-state index in [4.69, 9.17) is 27.9 Å². The zero-order valence-electron chi connectivity index (χ0n) is 15.6. The minimum Gasteiger partial charge on any atom is -0.466 e. The Morgan fingerprint density at radius 1 is 1.34 bits per heavy atom. The zero-order valence-corrected chi connectivity index (χ0v) is 17.1. The van der Waals surface area contributed by atoms with Crippen LogP contribution in [0.1, 0.15) is 19.8 Å². The number of piperidine rings is 1. The molecular formula is C18H19Cl2N5O4. The van der Waals surface area contributed by atoms with Crippen LogP contribution in [0.15, 0.2) is 24.5 Å². The maximum Gasteiger partial charge on any atom is 0.353 e. The summed E-state index contributed by atoms with van der Waals surface area (Å²) in [6.07, 6.45) is 2.60. The lowest BCUT2D eigenvalue weighted by atomic mass is 9.98. The van der Waals surface area contributed by atoms with E-state index in [9.17, 15) is 14.9 Å². The van der Waals surface area contributed by atoms with Crippen LogP contribution in [0.2, 0.25) is 10.0 Å². The Labute approximate surface area is 177 Å². The first-order valence-corrected chi connectivity index (χ1v) is 9.78. The molecule has 154 valence electrons. The third-order valence-corrected chi connectivity index (χ3v) is 4.89. The lowest BCUT2D eigenvalue weighted by Gasteiger charge is -2.32. The molecule has 3 rings (SSSR count). The van der Waals surface area contributed by atoms with Crippen LogP contribution < -0.4 is 10.2 Å². The minimum absolute atomic E-state index is 0.0107. The predicted molar refractivity (Wildman–Crippen MR) is 110 cm³/mol. The molecule has 0 saturated carbocycles. The lowest BCUT2D eigenvalue weighted by molar-refractivity contribution is -0.383. The van der Waals surface area contributed by atoms with Gasteiger partial charge in [-0.2, -0.15) is 0 Å². The Hall–Kier alpha value is -2.65. The molecule has 0 spiro atoms. The summed E-state index contributed by atoms with van der Waals surface area (Å²) in [4.78, 5) is 33.3. The first kappa shape index (κ1) is 21.1. The van der Waals surface area contributed by atoms with E-state index in [0.717, 1.165) is 0 Å². The molecule has 1 fully saturated rings. The van der Waals surface area contributed by atoms with Gasteiger partial charge in [-0.3, -0.25) is 14.9 Å². The van der Waals surface area contributed by atoms with Gasteiger partial charge >= 0.3 is 11.7 Å². The number of nitrogens with zero attached hydrogens (tertiary/aromatic N) is 4. The summed E-state index contributed by atoms with van der Waals surface area (Å²) in [6, 6.07) is 4.71. The number of anilines is 3. The summed E-state index contributed by atoms with van der Waals surface area (Å²) in [7, 11) is 0. The van der Waals surface area contributed by atoms with Crippen LogP contribution in [0, 0.1) is 16.0 Å². The molecule has 0 bridgehead atoms. The van der Waals surface area contributed by atoms with Crippen LogP contribution in [0.25, 0.3) is 0 Å². The standard InChI is InChI=1S/C18H19Cl2N5O4/c1-2-29-18(26)11-4-3-5-24(9-11)17-15(25(27)28)16(21-10-22-17)23-14-7-12(19)6-13(20)8-14/h6-8,10-11H,2-5,9H2,1H3,(H,21,22,23). The van der Waals surface area contributed by atoms with Crippen molar-refractivity contribution in [2.24, 2.45) is 5.92 Å². The van der Waals surface area contributed by atoms with Gasteiger partial charge < -0.3 is 15.0 Å². The summed E-state index contributed by atoms with van der Waals surface area (Å²) in [5, 5.41) is 15.5. The highest BCUT2D eigenvalue weighted by atomic mass is 35.5. The zero-order chi connectivity index (χ0) is 21.0. The molecule has 11 heteroatoms. The van der Waals surface area contributed by atoms with E-state index in [1.165, 1.54) is 6.33 Å². The van der Waals surface area contributed by atoms with E-state index in [-0.39, 0.29) is 29.2 Å². The molecule has 1 aliphatic rings. The summed E-state index contributed by atoms with van der Waals surface area (Å²) < 4.78 is 5.10. The molecule has 1 atom stereocenters. The number of nitro groups is 1. The Kier molecular flexibility index (Phi) is 6.71. The maximum atomic E-state index is 12.1. The van der Waals surface area contributed by atoms with Crippen molar-refractivity contribution in [2.45, 2.75) is 19.8 Å². The smallest absolute Gasteiger partial charge is 0.353 e. The van der Waals surface area contributed by atoms with Crippen molar-refractivity contribution in [3.05, 3.63) is 44.7 Å². The molecule has 1 aromatic heterocycles. The number of ether oxygens (including phenoxy) is 1. The second-order valence-corrected chi connectivity index (χ2v) is 7.34. The number of halogens is 2. The van der Waals surface area contributed by atoms with E-state index < -0.39 is 4.92 Å². The fourth-order valence-electron chi connectivity index (χ4n) is 3.25. The summed E-state index contributed by atoms with van der Waals surface area (Å²) in [6.45, 7) is 2.86. The second kappa shape index (κ2) is 9.23. The van der Waals surface area contributed by atoms with E-state index in [1.807, 2.05) is 0 Å². The van der Waals surface area contributed by atoms with E-state index >= 15 is 0 Å². The van der Waals surface area contributed by atoms with Gasteiger partial charge in [0.05, 0.1) is 17.4 Å². The Balaban J connectivity index is 1.92. The van der Waals surface area contributed by atoms with Gasteiger partial charge in [0.25, 0.3) is 0 Å². The van der Waals surface area contributed by atoms with Gasteiger partial charge in [0.15, 0.2) is 0 Å². The molecular weight excluding hydrogens is 421 g/mol.